The molecule has 0 spiro atoms. The second kappa shape index (κ2) is 8.02. The average Bonchev–Trinajstić information content (AvgIpc) is 3.16. The van der Waals surface area contributed by atoms with Crippen molar-refractivity contribution in [3.05, 3.63) is 16.7 Å². The molecule has 1 aliphatic rings. The predicted octanol–water partition coefficient (Wildman–Crippen LogP) is 0.275. The zero-order valence-electron chi connectivity index (χ0n) is 15.4. The van der Waals surface area contributed by atoms with Crippen LogP contribution in [0.5, 0.6) is 0 Å². The Hall–Kier alpha value is -2.24. The van der Waals surface area contributed by atoms with Crippen LogP contribution in [-0.2, 0) is 18.6 Å². The lowest BCUT2D eigenvalue weighted by molar-refractivity contribution is -0.118. The first kappa shape index (κ1) is 20.5. The minimum atomic E-state index is -2.93. The molecule has 13 heteroatoms. The minimum Gasteiger partial charge on any atom is -0.394 e. The number of aromatic amines is 1. The molecule has 2 aromatic heterocycles. The van der Waals surface area contributed by atoms with Crippen LogP contribution in [0.15, 0.2) is 11.1 Å². The van der Waals surface area contributed by atoms with Gasteiger partial charge >= 0.3 is 8.25 Å². The van der Waals surface area contributed by atoms with Crippen molar-refractivity contribution < 1.29 is 28.6 Å². The topological polar surface area (TPSA) is 169 Å². The molecule has 1 unspecified atom stereocenters. The average molecular weight is 414 g/mol. The first-order valence-corrected chi connectivity index (χ1v) is 9.73. The number of anilines is 1. The fourth-order valence-electron chi connectivity index (χ4n) is 2.97. The number of hydrogen-bond donors (Lipinski definition) is 4. The maximum absolute atomic E-state index is 12.3. The number of aromatic nitrogens is 4. The van der Waals surface area contributed by atoms with Gasteiger partial charge in [-0.15, -0.1) is 9.42 Å². The van der Waals surface area contributed by atoms with Gasteiger partial charge in [0.05, 0.1) is 19.0 Å². The lowest BCUT2D eigenvalue weighted by atomic mass is 10.0. The van der Waals surface area contributed by atoms with Gasteiger partial charge < -0.3 is 9.84 Å². The molecule has 152 valence electrons. The lowest BCUT2D eigenvalue weighted by Crippen LogP contribution is -2.27. The summed E-state index contributed by atoms with van der Waals surface area (Å²) < 4.78 is 23.5. The van der Waals surface area contributed by atoms with Crippen LogP contribution in [-0.4, -0.2) is 54.2 Å². The highest BCUT2D eigenvalue weighted by atomic mass is 31.1. The third-order valence-corrected chi connectivity index (χ3v) is 4.99. The molecular formula is C15H21N5O7P+. The number of carbonyl (C=O) groups excluding carboxylic acids is 1. The van der Waals surface area contributed by atoms with Gasteiger partial charge in [-0.1, -0.05) is 20.8 Å². The van der Waals surface area contributed by atoms with Crippen molar-refractivity contribution in [1.29, 1.82) is 0 Å². The summed E-state index contributed by atoms with van der Waals surface area (Å²) in [5, 5.41) is 12.0. The molecule has 1 saturated heterocycles. The third-order valence-electron chi connectivity index (χ3n) is 4.56. The van der Waals surface area contributed by atoms with E-state index in [1.54, 1.807) is 20.8 Å². The second-order valence-electron chi connectivity index (χ2n) is 6.80. The summed E-state index contributed by atoms with van der Waals surface area (Å²) in [6, 6.07) is 0. The summed E-state index contributed by atoms with van der Waals surface area (Å²) >= 11 is 0. The summed E-state index contributed by atoms with van der Waals surface area (Å²) in [5.74, 6) is -1.14. The summed E-state index contributed by atoms with van der Waals surface area (Å²) in [4.78, 5) is 44.1. The number of nitrogens with zero attached hydrogens (tertiary/aromatic N) is 3. The van der Waals surface area contributed by atoms with E-state index < -0.39 is 38.2 Å². The van der Waals surface area contributed by atoms with Gasteiger partial charge in [-0.05, 0) is 0 Å². The normalized spacial score (nSPS) is 25.4. The highest BCUT2D eigenvalue weighted by Gasteiger charge is 2.48. The highest BCUT2D eigenvalue weighted by molar-refractivity contribution is 7.32. The Balaban J connectivity index is 2.04. The molecule has 28 heavy (non-hydrogen) atoms. The molecule has 0 bridgehead atoms. The monoisotopic (exact) mass is 414 g/mol. The highest BCUT2D eigenvalue weighted by Crippen LogP contribution is 2.40. The maximum atomic E-state index is 12.3. The van der Waals surface area contributed by atoms with Crippen molar-refractivity contribution in [2.24, 2.45) is 11.8 Å². The van der Waals surface area contributed by atoms with Gasteiger partial charge in [0.25, 0.3) is 5.56 Å². The predicted molar refractivity (Wildman–Crippen MR) is 96.5 cm³/mol. The van der Waals surface area contributed by atoms with Crippen molar-refractivity contribution in [3.63, 3.8) is 0 Å². The first-order chi connectivity index (χ1) is 13.2. The van der Waals surface area contributed by atoms with E-state index in [0.29, 0.717) is 0 Å². The number of aliphatic hydroxyl groups is 1. The van der Waals surface area contributed by atoms with Crippen molar-refractivity contribution in [3.8, 4) is 0 Å². The van der Waals surface area contributed by atoms with E-state index in [4.69, 9.17) is 9.26 Å². The molecule has 1 fully saturated rings. The Labute approximate surface area is 159 Å². The second-order valence-corrected chi connectivity index (χ2v) is 7.48. The summed E-state index contributed by atoms with van der Waals surface area (Å²) in [5.41, 5.74) is -0.475. The van der Waals surface area contributed by atoms with Crippen LogP contribution in [0.4, 0.5) is 5.95 Å². The third kappa shape index (κ3) is 3.82. The van der Waals surface area contributed by atoms with E-state index in [2.05, 4.69) is 20.3 Å². The summed E-state index contributed by atoms with van der Waals surface area (Å²) in [6.45, 7) is 4.77. The number of amides is 1. The largest absolute Gasteiger partial charge is 0.695 e. The number of ether oxygens (including phenoxy) is 1. The number of H-pyrrole nitrogens is 1. The van der Waals surface area contributed by atoms with Gasteiger partial charge in [0, 0.05) is 16.4 Å². The zero-order chi connectivity index (χ0) is 20.6. The van der Waals surface area contributed by atoms with E-state index in [1.807, 2.05) is 0 Å². The molecule has 1 amide bonds. The molecular weight excluding hydrogens is 393 g/mol. The van der Waals surface area contributed by atoms with Crippen LogP contribution < -0.4 is 10.9 Å². The summed E-state index contributed by atoms with van der Waals surface area (Å²) in [6.07, 6.45) is -1.20. The molecule has 0 aliphatic carbocycles. The fraction of sp³-hybridized carbons (Fsp3) is 0.600. The van der Waals surface area contributed by atoms with Crippen LogP contribution in [0.1, 0.15) is 27.0 Å². The smallest absolute Gasteiger partial charge is 0.394 e. The van der Waals surface area contributed by atoms with Crippen molar-refractivity contribution in [2.75, 3.05) is 11.9 Å². The van der Waals surface area contributed by atoms with Crippen LogP contribution in [0.3, 0.4) is 0 Å². The molecule has 1 aliphatic heterocycles. The van der Waals surface area contributed by atoms with Crippen molar-refractivity contribution in [2.45, 2.75) is 39.2 Å². The molecule has 0 aromatic carbocycles. The fourth-order valence-corrected chi connectivity index (χ4v) is 3.47. The van der Waals surface area contributed by atoms with Gasteiger partial charge in [0.2, 0.25) is 11.9 Å². The van der Waals surface area contributed by atoms with Crippen LogP contribution >= 0.6 is 8.25 Å². The van der Waals surface area contributed by atoms with Gasteiger partial charge in [-0.2, -0.15) is 4.98 Å². The number of carbonyl (C=O) groups is 1. The number of hydrogen-bond acceptors (Lipinski definition) is 8. The van der Waals surface area contributed by atoms with Gasteiger partial charge in [-0.3, -0.25) is 24.5 Å². The van der Waals surface area contributed by atoms with E-state index >= 15 is 0 Å². The van der Waals surface area contributed by atoms with Gasteiger partial charge in [-0.25, -0.2) is 4.98 Å². The van der Waals surface area contributed by atoms with Crippen LogP contribution in [0.25, 0.3) is 11.2 Å². The zero-order valence-corrected chi connectivity index (χ0v) is 16.3. The molecule has 3 rings (SSSR count). The Morgan fingerprint density at radius 3 is 2.86 bits per heavy atom. The Kier molecular flexibility index (Phi) is 5.87. The number of fused-ring (bicyclic) bond motifs is 1. The molecule has 0 saturated carbocycles. The van der Waals surface area contributed by atoms with E-state index in [0.717, 1.165) is 0 Å². The molecule has 2 aromatic rings. The first-order valence-electron chi connectivity index (χ1n) is 8.59. The van der Waals surface area contributed by atoms with Crippen LogP contribution in [0.2, 0.25) is 0 Å². The Bertz CT molecular complexity index is 958. The van der Waals surface area contributed by atoms with Gasteiger partial charge in [0.1, 0.15) is 0 Å². The number of aliphatic hydroxyl groups excluding tert-OH is 1. The quantitative estimate of drug-likeness (QED) is 0.485. The standard InChI is InChI=1S/C15H20N5O7P/c1-6(2)12(22)18-15-17-11-9(13(23)19-15)16-5-20(11)14-10(27-28(24)25)7(3)8(4-21)26-14/h5-8,10,14,21H,4H2,1-3H3,(H2-,17,18,19,22,23,24,25)/p+1/t7-,8-,10-,14-/m1/s1. The molecule has 0 radical (unpaired) electrons. The maximum Gasteiger partial charge on any atom is 0.695 e. The SMILES string of the molecule is CC(C)C(=O)Nc1nc2c(ncn2[C@@H]2O[C@H](CO)[C@@H](C)[C@H]2O[P+](=O)O)c(=O)[nH]1. The lowest BCUT2D eigenvalue weighted by Gasteiger charge is -2.17. The van der Waals surface area contributed by atoms with E-state index in [1.165, 1.54) is 10.9 Å². The van der Waals surface area contributed by atoms with E-state index in [9.17, 15) is 24.2 Å². The molecule has 3 heterocycles. The van der Waals surface area contributed by atoms with Crippen molar-refractivity contribution >= 4 is 31.3 Å². The Morgan fingerprint density at radius 2 is 2.25 bits per heavy atom. The molecule has 5 atom stereocenters. The number of imidazole rings is 1. The van der Waals surface area contributed by atoms with Gasteiger partial charge in [0.15, 0.2) is 23.5 Å². The molecule has 4 N–H and O–H groups in total. The number of rotatable bonds is 6. The van der Waals surface area contributed by atoms with Crippen molar-refractivity contribution in [1.82, 2.24) is 19.5 Å². The molecule has 12 nitrogen and oxygen atoms in total. The summed E-state index contributed by atoms with van der Waals surface area (Å²) in [7, 11) is -2.93. The Morgan fingerprint density at radius 1 is 1.54 bits per heavy atom. The van der Waals surface area contributed by atoms with E-state index in [-0.39, 0.29) is 35.5 Å². The number of nitrogens with one attached hydrogen (secondary N) is 2. The minimum absolute atomic E-state index is 0.00150. The van der Waals surface area contributed by atoms with Crippen LogP contribution in [0, 0.1) is 11.8 Å².